The summed E-state index contributed by atoms with van der Waals surface area (Å²) >= 11 is 5.84. The highest BCUT2D eigenvalue weighted by molar-refractivity contribution is 7.92. The Bertz CT molecular complexity index is 1490. The fourth-order valence-corrected chi connectivity index (χ4v) is 5.42. The summed E-state index contributed by atoms with van der Waals surface area (Å²) in [4.78, 5) is 6.64. The Morgan fingerprint density at radius 1 is 1.00 bits per heavy atom. The summed E-state index contributed by atoms with van der Waals surface area (Å²) in [5.74, 6) is 0.388. The average molecular weight is 520 g/mol. The lowest BCUT2D eigenvalue weighted by molar-refractivity contribution is 0.417. The third-order valence-corrected chi connectivity index (χ3v) is 6.88. The van der Waals surface area contributed by atoms with Crippen molar-refractivity contribution in [2.45, 2.75) is 12.1 Å². The minimum atomic E-state index is -3.47. The molecular weight excluding hydrogens is 494 g/mol. The van der Waals surface area contributed by atoms with Gasteiger partial charge in [0, 0.05) is 35.5 Å². The highest BCUT2D eigenvalue weighted by Crippen LogP contribution is 2.43. The molecule has 8 nitrogen and oxygen atoms in total. The van der Waals surface area contributed by atoms with Crippen LogP contribution in [0.2, 0.25) is 0 Å². The van der Waals surface area contributed by atoms with Gasteiger partial charge in [0.15, 0.2) is 5.11 Å². The van der Waals surface area contributed by atoms with E-state index in [0.29, 0.717) is 16.5 Å². The molecular formula is C26H25N5O3S2. The predicted octanol–water partition coefficient (Wildman–Crippen LogP) is 4.43. The van der Waals surface area contributed by atoms with E-state index in [-0.39, 0.29) is 12.1 Å². The summed E-state index contributed by atoms with van der Waals surface area (Å²) in [7, 11) is -1.97. The van der Waals surface area contributed by atoms with E-state index in [1.165, 1.54) is 7.11 Å². The first-order valence-corrected chi connectivity index (χ1v) is 13.5. The molecule has 0 unspecified atom stereocenters. The maximum atomic E-state index is 11.8. The number of rotatable bonds is 7. The van der Waals surface area contributed by atoms with Gasteiger partial charge < -0.3 is 19.5 Å². The largest absolute Gasteiger partial charge is 0.494 e. The zero-order chi connectivity index (χ0) is 25.3. The van der Waals surface area contributed by atoms with Gasteiger partial charge in [0.2, 0.25) is 10.0 Å². The van der Waals surface area contributed by atoms with Gasteiger partial charge in [-0.25, -0.2) is 8.42 Å². The molecule has 36 heavy (non-hydrogen) atoms. The maximum Gasteiger partial charge on any atom is 0.229 e. The van der Waals surface area contributed by atoms with Gasteiger partial charge in [0.25, 0.3) is 0 Å². The number of pyridine rings is 1. The Morgan fingerprint density at radius 3 is 2.47 bits per heavy atom. The Kier molecular flexibility index (Phi) is 6.38. The highest BCUT2D eigenvalue weighted by Gasteiger charge is 2.42. The van der Waals surface area contributed by atoms with Gasteiger partial charge in [-0.1, -0.05) is 24.3 Å². The van der Waals surface area contributed by atoms with Gasteiger partial charge in [-0.2, -0.15) is 0 Å². The number of nitrogens with zero attached hydrogens (tertiary/aromatic N) is 3. The Morgan fingerprint density at radius 2 is 1.78 bits per heavy atom. The summed E-state index contributed by atoms with van der Waals surface area (Å²) < 4.78 is 33.8. The molecule has 2 aromatic carbocycles. The van der Waals surface area contributed by atoms with Crippen LogP contribution in [0.1, 0.15) is 23.5 Å². The van der Waals surface area contributed by atoms with Crippen LogP contribution in [0.25, 0.3) is 5.69 Å². The second kappa shape index (κ2) is 9.63. The Labute approximate surface area is 215 Å². The van der Waals surface area contributed by atoms with Crippen molar-refractivity contribution in [3.05, 3.63) is 103 Å². The van der Waals surface area contributed by atoms with Crippen molar-refractivity contribution in [1.82, 2.24) is 14.9 Å². The fraction of sp³-hybridized carbons (Fsp3) is 0.154. The molecule has 0 bridgehead atoms. The summed E-state index contributed by atoms with van der Waals surface area (Å²) in [6, 6.07) is 24.8. The number of para-hydroxylation sites is 1. The standard InChI is InChI=1S/C26H25N5O3S2/c1-34-23-17-19(13-14-20(23)29-36(2,32)33)31-25(24(28-26(31)35)21-11-6-7-15-27-21)22-12-8-16-30(22)18-9-4-3-5-10-18/h3-17,24-25,29H,1-2H3,(H,28,35)/t24-,25-/m1/s1. The van der Waals surface area contributed by atoms with Crippen LogP contribution in [0.15, 0.2) is 91.3 Å². The molecule has 2 aromatic heterocycles. The molecule has 0 saturated carbocycles. The molecule has 4 aromatic rings. The smallest absolute Gasteiger partial charge is 0.229 e. The van der Waals surface area contributed by atoms with E-state index in [0.717, 1.165) is 29.0 Å². The van der Waals surface area contributed by atoms with Crippen molar-refractivity contribution in [3.8, 4) is 11.4 Å². The van der Waals surface area contributed by atoms with Gasteiger partial charge in [-0.15, -0.1) is 0 Å². The topological polar surface area (TPSA) is 88.5 Å². The van der Waals surface area contributed by atoms with Crippen molar-refractivity contribution in [2.24, 2.45) is 0 Å². The molecule has 0 aliphatic carbocycles. The number of methoxy groups -OCH3 is 1. The molecule has 1 aliphatic heterocycles. The SMILES string of the molecule is COc1cc(N2C(=S)N[C@H](c3ccccn3)[C@H]2c2cccn2-c2ccccc2)ccc1NS(C)(=O)=O. The molecule has 1 fully saturated rings. The number of thiocarbonyl (C=S) groups is 1. The van der Waals surface area contributed by atoms with Crippen molar-refractivity contribution in [2.75, 3.05) is 23.0 Å². The van der Waals surface area contributed by atoms with E-state index >= 15 is 0 Å². The van der Waals surface area contributed by atoms with E-state index in [2.05, 4.69) is 37.8 Å². The number of benzene rings is 2. The number of ether oxygens (including phenoxy) is 1. The number of sulfonamides is 1. The molecule has 3 heterocycles. The summed E-state index contributed by atoms with van der Waals surface area (Å²) in [6.45, 7) is 0. The zero-order valence-electron chi connectivity index (χ0n) is 19.7. The molecule has 10 heteroatoms. The minimum Gasteiger partial charge on any atom is -0.494 e. The van der Waals surface area contributed by atoms with Crippen LogP contribution in [-0.2, 0) is 10.0 Å². The molecule has 5 rings (SSSR count). The second-order valence-corrected chi connectivity index (χ2v) is 10.5. The third-order valence-electron chi connectivity index (χ3n) is 5.97. The summed E-state index contributed by atoms with van der Waals surface area (Å²) in [5.41, 5.74) is 4.01. The Hall–Kier alpha value is -3.89. The molecule has 0 radical (unpaired) electrons. The summed E-state index contributed by atoms with van der Waals surface area (Å²) in [6.07, 6.45) is 4.90. The number of nitrogens with one attached hydrogen (secondary N) is 2. The molecule has 1 aliphatic rings. The highest BCUT2D eigenvalue weighted by atomic mass is 32.2. The molecule has 2 atom stereocenters. The first kappa shape index (κ1) is 23.8. The zero-order valence-corrected chi connectivity index (χ0v) is 21.3. The van der Waals surface area contributed by atoms with Gasteiger partial charge in [-0.3, -0.25) is 9.71 Å². The molecule has 184 valence electrons. The van der Waals surface area contributed by atoms with E-state index in [4.69, 9.17) is 17.0 Å². The van der Waals surface area contributed by atoms with E-state index in [1.54, 1.807) is 18.3 Å². The molecule has 2 N–H and O–H groups in total. The van der Waals surface area contributed by atoms with E-state index in [9.17, 15) is 8.42 Å². The van der Waals surface area contributed by atoms with Gasteiger partial charge in [-0.05, 0) is 60.7 Å². The van der Waals surface area contributed by atoms with Crippen molar-refractivity contribution < 1.29 is 13.2 Å². The minimum absolute atomic E-state index is 0.226. The van der Waals surface area contributed by atoms with Gasteiger partial charge >= 0.3 is 0 Å². The van der Waals surface area contributed by atoms with Crippen molar-refractivity contribution >= 4 is 38.7 Å². The molecule has 0 amide bonds. The quantitative estimate of drug-likeness (QED) is 0.349. The van der Waals surface area contributed by atoms with Gasteiger partial charge in [0.1, 0.15) is 11.8 Å². The van der Waals surface area contributed by atoms with E-state index < -0.39 is 10.0 Å². The Balaban J connectivity index is 1.64. The van der Waals surface area contributed by atoms with E-state index in [1.807, 2.05) is 59.6 Å². The van der Waals surface area contributed by atoms with Gasteiger partial charge in [0.05, 0.1) is 30.8 Å². The first-order valence-electron chi connectivity index (χ1n) is 11.2. The van der Waals surface area contributed by atoms with Crippen LogP contribution in [-0.4, -0.2) is 36.4 Å². The lowest BCUT2D eigenvalue weighted by Crippen LogP contribution is -2.30. The van der Waals surface area contributed by atoms with Crippen LogP contribution < -0.4 is 19.7 Å². The monoisotopic (exact) mass is 519 g/mol. The van der Waals surface area contributed by atoms with Crippen LogP contribution in [0.3, 0.4) is 0 Å². The van der Waals surface area contributed by atoms with Crippen LogP contribution in [0.4, 0.5) is 11.4 Å². The number of hydrogen-bond acceptors (Lipinski definition) is 5. The summed E-state index contributed by atoms with van der Waals surface area (Å²) in [5, 5.41) is 3.99. The van der Waals surface area contributed by atoms with Crippen molar-refractivity contribution in [3.63, 3.8) is 0 Å². The number of hydrogen-bond donors (Lipinski definition) is 2. The second-order valence-electron chi connectivity index (χ2n) is 8.39. The van der Waals surface area contributed by atoms with Crippen LogP contribution in [0.5, 0.6) is 5.75 Å². The number of aromatic nitrogens is 2. The molecule has 1 saturated heterocycles. The maximum absolute atomic E-state index is 11.8. The number of anilines is 2. The van der Waals surface area contributed by atoms with Crippen LogP contribution in [0, 0.1) is 0 Å². The van der Waals surface area contributed by atoms with Crippen LogP contribution >= 0.6 is 12.2 Å². The fourth-order valence-electron chi connectivity index (χ4n) is 4.51. The average Bonchev–Trinajstić information content (AvgIpc) is 3.49. The normalized spacial score (nSPS) is 17.6. The lowest BCUT2D eigenvalue weighted by atomic mass is 10.0. The first-order chi connectivity index (χ1) is 17.4. The molecule has 0 spiro atoms. The van der Waals surface area contributed by atoms with Crippen molar-refractivity contribution in [1.29, 1.82) is 0 Å². The predicted molar refractivity (Wildman–Crippen MR) is 145 cm³/mol. The lowest BCUT2D eigenvalue weighted by Gasteiger charge is -2.29. The third kappa shape index (κ3) is 4.65.